The minimum atomic E-state index is -3.38. The normalized spacial score (nSPS) is 21.1. The van der Waals surface area contributed by atoms with Gasteiger partial charge in [0.2, 0.25) is 0 Å². The van der Waals surface area contributed by atoms with Crippen LogP contribution in [0.1, 0.15) is 24.3 Å². The third-order valence-corrected chi connectivity index (χ3v) is 4.78. The quantitative estimate of drug-likeness (QED) is 0.845. The number of hydrogen-bond acceptors (Lipinski definition) is 4. The molecule has 1 atom stereocenters. The smallest absolute Gasteiger partial charge is 0.303 e. The predicted molar refractivity (Wildman–Crippen MR) is 59.8 cm³/mol. The third kappa shape index (κ3) is 2.12. The van der Waals surface area contributed by atoms with E-state index >= 15 is 0 Å². The van der Waals surface area contributed by atoms with E-state index in [2.05, 4.69) is 0 Å². The predicted octanol–water partition coefficient (Wildman–Crippen LogP) is 1.13. The van der Waals surface area contributed by atoms with Crippen LogP contribution in [-0.4, -0.2) is 30.4 Å². The Balaban J connectivity index is 2.40. The first-order chi connectivity index (χ1) is 7.92. The lowest BCUT2D eigenvalue weighted by molar-refractivity contribution is -0.137. The van der Waals surface area contributed by atoms with Crippen molar-refractivity contribution in [3.63, 3.8) is 0 Å². The van der Waals surface area contributed by atoms with E-state index in [1.54, 1.807) is 0 Å². The van der Waals surface area contributed by atoms with Gasteiger partial charge in [-0.2, -0.15) is 0 Å². The highest BCUT2D eigenvalue weighted by Gasteiger charge is 2.36. The van der Waals surface area contributed by atoms with Crippen LogP contribution >= 0.6 is 0 Å². The standard InChI is InChI=1S/C11H12O5S/c12-8-2-1-3-9-11(8)7(4-5-10(13)14)6-17(9,15)16/h1-3,7,12H,4-6H2,(H,13,14). The van der Waals surface area contributed by atoms with Crippen molar-refractivity contribution in [2.24, 2.45) is 0 Å². The Labute approximate surface area is 98.6 Å². The molecule has 0 saturated heterocycles. The van der Waals surface area contributed by atoms with Gasteiger partial charge in [0.05, 0.1) is 10.6 Å². The highest BCUT2D eigenvalue weighted by molar-refractivity contribution is 7.91. The summed E-state index contributed by atoms with van der Waals surface area (Å²) in [5.74, 6) is -1.58. The van der Waals surface area contributed by atoms with Gasteiger partial charge in [-0.25, -0.2) is 8.42 Å². The molecule has 1 aromatic rings. The molecular weight excluding hydrogens is 244 g/mol. The number of carbonyl (C=O) groups is 1. The Kier molecular flexibility index (Phi) is 2.82. The Morgan fingerprint density at radius 1 is 1.41 bits per heavy atom. The third-order valence-electron chi connectivity index (χ3n) is 2.91. The van der Waals surface area contributed by atoms with E-state index in [-0.39, 0.29) is 29.2 Å². The van der Waals surface area contributed by atoms with Crippen LogP contribution in [0, 0.1) is 0 Å². The number of fused-ring (bicyclic) bond motifs is 1. The van der Waals surface area contributed by atoms with Crippen molar-refractivity contribution in [3.8, 4) is 5.75 Å². The molecule has 1 aliphatic rings. The molecule has 0 aromatic heterocycles. The van der Waals surface area contributed by atoms with E-state index in [1.165, 1.54) is 18.2 Å². The number of carboxylic acids is 1. The van der Waals surface area contributed by atoms with E-state index in [0.717, 1.165) is 0 Å². The molecule has 0 spiro atoms. The molecule has 0 saturated carbocycles. The van der Waals surface area contributed by atoms with Crippen molar-refractivity contribution >= 4 is 15.8 Å². The fourth-order valence-electron chi connectivity index (χ4n) is 2.18. The number of rotatable bonds is 3. The highest BCUT2D eigenvalue weighted by Crippen LogP contribution is 2.42. The van der Waals surface area contributed by atoms with Gasteiger partial charge in [0, 0.05) is 17.9 Å². The molecular formula is C11H12O5S. The molecule has 2 rings (SSSR count). The molecule has 5 nitrogen and oxygen atoms in total. The van der Waals surface area contributed by atoms with Gasteiger partial charge < -0.3 is 10.2 Å². The van der Waals surface area contributed by atoms with Crippen LogP contribution in [0.15, 0.2) is 23.1 Å². The lowest BCUT2D eigenvalue weighted by atomic mass is 9.95. The van der Waals surface area contributed by atoms with E-state index in [9.17, 15) is 18.3 Å². The molecule has 1 aliphatic heterocycles. The molecule has 6 heteroatoms. The number of aromatic hydroxyl groups is 1. The Bertz CT molecular complexity index is 561. The average Bonchev–Trinajstić information content (AvgIpc) is 2.49. The molecule has 0 fully saturated rings. The van der Waals surface area contributed by atoms with Gasteiger partial charge in [-0.05, 0) is 18.6 Å². The zero-order chi connectivity index (χ0) is 12.6. The van der Waals surface area contributed by atoms with E-state index < -0.39 is 21.7 Å². The van der Waals surface area contributed by atoms with Crippen LogP contribution in [0.4, 0.5) is 0 Å². The van der Waals surface area contributed by atoms with Gasteiger partial charge in [0.15, 0.2) is 9.84 Å². The van der Waals surface area contributed by atoms with Crippen LogP contribution in [0.3, 0.4) is 0 Å². The number of sulfone groups is 1. The van der Waals surface area contributed by atoms with Crippen molar-refractivity contribution in [3.05, 3.63) is 23.8 Å². The first kappa shape index (κ1) is 11.9. The fraction of sp³-hybridized carbons (Fsp3) is 0.364. The molecule has 92 valence electrons. The van der Waals surface area contributed by atoms with E-state index in [0.29, 0.717) is 5.56 Å². The molecule has 0 radical (unpaired) electrons. The number of benzene rings is 1. The molecule has 2 N–H and O–H groups in total. The number of aliphatic carboxylic acids is 1. The monoisotopic (exact) mass is 256 g/mol. The zero-order valence-electron chi connectivity index (χ0n) is 8.96. The van der Waals surface area contributed by atoms with Gasteiger partial charge in [-0.15, -0.1) is 0 Å². The highest BCUT2D eigenvalue weighted by atomic mass is 32.2. The van der Waals surface area contributed by atoms with Crippen molar-refractivity contribution in [1.29, 1.82) is 0 Å². The van der Waals surface area contributed by atoms with Gasteiger partial charge in [0.1, 0.15) is 5.75 Å². The van der Waals surface area contributed by atoms with Crippen LogP contribution in [-0.2, 0) is 14.6 Å². The van der Waals surface area contributed by atoms with Crippen LogP contribution in [0.25, 0.3) is 0 Å². The van der Waals surface area contributed by atoms with Gasteiger partial charge in [-0.1, -0.05) is 6.07 Å². The summed E-state index contributed by atoms with van der Waals surface area (Å²) in [5, 5.41) is 18.3. The van der Waals surface area contributed by atoms with Crippen molar-refractivity contribution in [2.45, 2.75) is 23.7 Å². The second kappa shape index (κ2) is 4.03. The summed E-state index contributed by atoms with van der Waals surface area (Å²) in [6.45, 7) is 0. The fourth-order valence-corrected chi connectivity index (χ4v) is 4.11. The van der Waals surface area contributed by atoms with Crippen LogP contribution in [0.2, 0.25) is 0 Å². The maximum atomic E-state index is 11.8. The molecule has 0 bridgehead atoms. The van der Waals surface area contributed by atoms with Crippen molar-refractivity contribution < 1.29 is 23.4 Å². The Morgan fingerprint density at radius 3 is 2.76 bits per heavy atom. The molecule has 17 heavy (non-hydrogen) atoms. The summed E-state index contributed by atoms with van der Waals surface area (Å²) < 4.78 is 23.6. The summed E-state index contributed by atoms with van der Waals surface area (Å²) in [6, 6.07) is 4.35. The average molecular weight is 256 g/mol. The van der Waals surface area contributed by atoms with Crippen LogP contribution in [0.5, 0.6) is 5.75 Å². The SMILES string of the molecule is O=C(O)CCC1CS(=O)(=O)c2cccc(O)c21. The van der Waals surface area contributed by atoms with Gasteiger partial charge >= 0.3 is 5.97 Å². The van der Waals surface area contributed by atoms with E-state index in [1.807, 2.05) is 0 Å². The minimum absolute atomic E-state index is 0.0704. The lowest BCUT2D eigenvalue weighted by Gasteiger charge is -2.09. The largest absolute Gasteiger partial charge is 0.508 e. The van der Waals surface area contributed by atoms with Crippen molar-refractivity contribution in [2.75, 3.05) is 5.75 Å². The van der Waals surface area contributed by atoms with Gasteiger partial charge in [-0.3, -0.25) is 4.79 Å². The Morgan fingerprint density at radius 2 is 2.12 bits per heavy atom. The number of hydrogen-bond donors (Lipinski definition) is 2. The number of phenols is 1. The molecule has 0 aliphatic carbocycles. The number of carboxylic acid groups (broad SMARTS) is 1. The van der Waals surface area contributed by atoms with Crippen LogP contribution < -0.4 is 0 Å². The molecule has 0 amide bonds. The summed E-state index contributed by atoms with van der Waals surface area (Å²) in [4.78, 5) is 10.6. The summed E-state index contributed by atoms with van der Waals surface area (Å²) in [7, 11) is -3.38. The maximum absolute atomic E-state index is 11.8. The topological polar surface area (TPSA) is 91.7 Å². The summed E-state index contributed by atoms with van der Waals surface area (Å²) in [5.41, 5.74) is 0.369. The van der Waals surface area contributed by atoms with Gasteiger partial charge in [0.25, 0.3) is 0 Å². The second-order valence-electron chi connectivity index (χ2n) is 4.10. The first-order valence-electron chi connectivity index (χ1n) is 5.18. The Hall–Kier alpha value is -1.56. The zero-order valence-corrected chi connectivity index (χ0v) is 9.77. The molecule has 1 unspecified atom stereocenters. The lowest BCUT2D eigenvalue weighted by Crippen LogP contribution is -2.06. The van der Waals surface area contributed by atoms with E-state index in [4.69, 9.17) is 5.11 Å². The minimum Gasteiger partial charge on any atom is -0.508 e. The summed E-state index contributed by atoms with van der Waals surface area (Å²) in [6.07, 6.45) is 0.118. The van der Waals surface area contributed by atoms with Crippen molar-refractivity contribution in [1.82, 2.24) is 0 Å². The molecule has 1 aromatic carbocycles. The summed E-state index contributed by atoms with van der Waals surface area (Å²) >= 11 is 0. The number of phenolic OH excluding ortho intramolecular Hbond substituents is 1. The second-order valence-corrected chi connectivity index (χ2v) is 6.10. The molecule has 1 heterocycles. The maximum Gasteiger partial charge on any atom is 0.303 e. The first-order valence-corrected chi connectivity index (χ1v) is 6.83.